The van der Waals surface area contributed by atoms with Gasteiger partial charge in [-0.1, -0.05) is 0 Å². The molecule has 0 atom stereocenters. The van der Waals surface area contributed by atoms with E-state index in [9.17, 15) is 14.0 Å². The molecule has 0 aliphatic heterocycles. The van der Waals surface area contributed by atoms with Crippen LogP contribution < -0.4 is 21.1 Å². The lowest BCUT2D eigenvalue weighted by atomic mass is 10.2. The number of halogens is 1. The Kier molecular flexibility index (Phi) is 6.59. The number of thiophene rings is 1. The Bertz CT molecular complexity index is 1110. The van der Waals surface area contributed by atoms with Crippen molar-refractivity contribution >= 4 is 39.2 Å². The summed E-state index contributed by atoms with van der Waals surface area (Å²) >= 11 is 1.17. The van der Waals surface area contributed by atoms with Crippen LogP contribution in [0.25, 0.3) is 10.2 Å². The second kappa shape index (κ2) is 9.17. The third kappa shape index (κ3) is 6.05. The summed E-state index contributed by atoms with van der Waals surface area (Å²) in [5, 5.41) is 5.29. The molecule has 0 saturated carbocycles. The van der Waals surface area contributed by atoms with Crippen LogP contribution in [-0.4, -0.2) is 35.7 Å². The molecule has 2 amide bonds. The first-order chi connectivity index (χ1) is 14.6. The molecule has 0 aliphatic rings. The number of nitrogens with one attached hydrogen (secondary N) is 2. The molecule has 2 aromatic heterocycles. The number of anilines is 1. The first-order valence-corrected chi connectivity index (χ1v) is 10.3. The second-order valence-electron chi connectivity index (χ2n) is 7.61. The molecule has 0 spiro atoms. The van der Waals surface area contributed by atoms with Gasteiger partial charge < -0.3 is 25.8 Å². The number of pyridine rings is 1. The number of benzene rings is 1. The van der Waals surface area contributed by atoms with Crippen molar-refractivity contribution in [1.82, 2.24) is 15.6 Å². The minimum atomic E-state index is -0.591. The molecule has 0 fully saturated rings. The SMILES string of the molecule is CC(C)(C)OC(=O)NCCNC(=O)c1cc2nccc(Oc3ccc(N)cc3F)c2s1. The summed E-state index contributed by atoms with van der Waals surface area (Å²) in [7, 11) is 0. The number of rotatable bonds is 6. The van der Waals surface area contributed by atoms with E-state index < -0.39 is 17.5 Å². The van der Waals surface area contributed by atoms with E-state index in [4.69, 9.17) is 15.2 Å². The van der Waals surface area contributed by atoms with E-state index in [-0.39, 0.29) is 24.7 Å². The number of nitrogen functional groups attached to an aromatic ring is 1. The predicted molar refractivity (Wildman–Crippen MR) is 117 cm³/mol. The number of hydrogen-bond donors (Lipinski definition) is 3. The summed E-state index contributed by atoms with van der Waals surface area (Å²) in [6, 6.07) is 7.38. The first-order valence-electron chi connectivity index (χ1n) is 9.49. The normalized spacial score (nSPS) is 11.2. The molecule has 0 saturated heterocycles. The summed E-state index contributed by atoms with van der Waals surface area (Å²) in [5.41, 5.74) is 5.82. The van der Waals surface area contributed by atoms with Gasteiger partial charge in [0.2, 0.25) is 0 Å². The standard InChI is InChI=1S/C21H23FN4O4S/c1-21(2,3)30-20(28)26-9-8-25-19(27)17-11-14-18(31-17)16(6-7-24-14)29-15-5-4-12(23)10-13(15)22/h4-7,10-11H,8-9,23H2,1-3H3,(H,25,27)(H,26,28). The number of ether oxygens (including phenoxy) is 2. The van der Waals surface area contributed by atoms with Crippen LogP contribution in [0, 0.1) is 5.82 Å². The van der Waals surface area contributed by atoms with Gasteiger partial charge in [-0.05, 0) is 39.0 Å². The van der Waals surface area contributed by atoms with Gasteiger partial charge in [0.05, 0.1) is 15.1 Å². The summed E-state index contributed by atoms with van der Waals surface area (Å²) in [6.07, 6.45) is 0.968. The Morgan fingerprint density at radius 2 is 1.87 bits per heavy atom. The number of amides is 2. The zero-order valence-corrected chi connectivity index (χ0v) is 18.1. The maximum Gasteiger partial charge on any atom is 0.407 e. The lowest BCUT2D eigenvalue weighted by Gasteiger charge is -2.19. The fourth-order valence-corrected chi connectivity index (χ4v) is 3.55. The van der Waals surface area contributed by atoms with Crippen molar-refractivity contribution in [2.45, 2.75) is 26.4 Å². The summed E-state index contributed by atoms with van der Waals surface area (Å²) in [4.78, 5) is 28.7. The van der Waals surface area contributed by atoms with Crippen LogP contribution in [0.5, 0.6) is 11.5 Å². The van der Waals surface area contributed by atoms with E-state index in [0.29, 0.717) is 26.5 Å². The maximum atomic E-state index is 14.1. The third-order valence-corrected chi connectivity index (χ3v) is 4.99. The Morgan fingerprint density at radius 1 is 1.13 bits per heavy atom. The molecule has 3 aromatic rings. The van der Waals surface area contributed by atoms with Crippen LogP contribution in [0.4, 0.5) is 14.9 Å². The average Bonchev–Trinajstić information content (AvgIpc) is 3.11. The number of hydrogen-bond acceptors (Lipinski definition) is 7. The number of fused-ring (bicyclic) bond motifs is 1. The smallest absolute Gasteiger partial charge is 0.407 e. The van der Waals surface area contributed by atoms with Gasteiger partial charge in [0.15, 0.2) is 11.6 Å². The molecule has 0 bridgehead atoms. The third-order valence-electron chi connectivity index (χ3n) is 3.85. The lowest BCUT2D eigenvalue weighted by molar-refractivity contribution is 0.0526. The molecule has 0 unspecified atom stereocenters. The highest BCUT2D eigenvalue weighted by molar-refractivity contribution is 7.21. The van der Waals surface area contributed by atoms with E-state index in [0.717, 1.165) is 0 Å². The number of carbonyl (C=O) groups is 2. The fourth-order valence-electron chi connectivity index (χ4n) is 2.57. The van der Waals surface area contributed by atoms with E-state index in [1.165, 1.54) is 35.7 Å². The zero-order valence-electron chi connectivity index (χ0n) is 17.3. The van der Waals surface area contributed by atoms with Crippen LogP contribution in [0.3, 0.4) is 0 Å². The maximum absolute atomic E-state index is 14.1. The van der Waals surface area contributed by atoms with Crippen LogP contribution >= 0.6 is 11.3 Å². The van der Waals surface area contributed by atoms with Gasteiger partial charge in [-0.15, -0.1) is 11.3 Å². The molecular formula is C21H23FN4O4S. The highest BCUT2D eigenvalue weighted by Crippen LogP contribution is 2.35. The Hall–Kier alpha value is -3.40. The molecule has 0 radical (unpaired) electrons. The molecule has 1 aromatic carbocycles. The highest BCUT2D eigenvalue weighted by Gasteiger charge is 2.17. The molecule has 31 heavy (non-hydrogen) atoms. The topological polar surface area (TPSA) is 116 Å². The van der Waals surface area contributed by atoms with Crippen molar-refractivity contribution in [3.8, 4) is 11.5 Å². The molecular weight excluding hydrogens is 423 g/mol. The van der Waals surface area contributed by atoms with Gasteiger partial charge in [0.1, 0.15) is 11.4 Å². The van der Waals surface area contributed by atoms with E-state index in [2.05, 4.69) is 15.6 Å². The number of carbonyl (C=O) groups excluding carboxylic acids is 2. The highest BCUT2D eigenvalue weighted by atomic mass is 32.1. The van der Waals surface area contributed by atoms with Gasteiger partial charge >= 0.3 is 6.09 Å². The monoisotopic (exact) mass is 446 g/mol. The van der Waals surface area contributed by atoms with Crippen LogP contribution in [0.15, 0.2) is 36.5 Å². The van der Waals surface area contributed by atoms with Gasteiger partial charge in [-0.2, -0.15) is 0 Å². The van der Waals surface area contributed by atoms with Gasteiger partial charge in [0.25, 0.3) is 5.91 Å². The van der Waals surface area contributed by atoms with Crippen molar-refractivity contribution in [2.24, 2.45) is 0 Å². The molecule has 10 heteroatoms. The molecule has 4 N–H and O–H groups in total. The molecule has 3 rings (SSSR count). The molecule has 2 heterocycles. The lowest BCUT2D eigenvalue weighted by Crippen LogP contribution is -2.37. The predicted octanol–water partition coefficient (Wildman–Crippen LogP) is 4.06. The average molecular weight is 447 g/mol. The van der Waals surface area contributed by atoms with Crippen molar-refractivity contribution in [2.75, 3.05) is 18.8 Å². The van der Waals surface area contributed by atoms with Gasteiger partial charge in [-0.3, -0.25) is 9.78 Å². The van der Waals surface area contributed by atoms with Crippen molar-refractivity contribution < 1.29 is 23.5 Å². The van der Waals surface area contributed by atoms with Crippen LogP contribution in [0.2, 0.25) is 0 Å². The Labute approximate surface area is 182 Å². The molecule has 8 nitrogen and oxygen atoms in total. The Morgan fingerprint density at radius 3 is 2.58 bits per heavy atom. The van der Waals surface area contributed by atoms with Gasteiger partial charge in [-0.25, -0.2) is 9.18 Å². The minimum absolute atomic E-state index is 0.0225. The van der Waals surface area contributed by atoms with Crippen LogP contribution in [0.1, 0.15) is 30.4 Å². The van der Waals surface area contributed by atoms with Gasteiger partial charge in [0, 0.05) is 37.1 Å². The largest absolute Gasteiger partial charge is 0.453 e. The van der Waals surface area contributed by atoms with Crippen molar-refractivity contribution in [3.63, 3.8) is 0 Å². The number of alkyl carbamates (subject to hydrolysis) is 1. The van der Waals surface area contributed by atoms with Crippen LogP contribution in [-0.2, 0) is 4.74 Å². The zero-order chi connectivity index (χ0) is 22.6. The molecule has 164 valence electrons. The first kappa shape index (κ1) is 22.3. The quantitative estimate of drug-likeness (QED) is 0.388. The van der Waals surface area contributed by atoms with E-state index in [1.54, 1.807) is 32.9 Å². The van der Waals surface area contributed by atoms with Crippen molar-refractivity contribution in [3.05, 3.63) is 47.2 Å². The summed E-state index contributed by atoms with van der Waals surface area (Å²) in [6.45, 7) is 5.74. The number of nitrogens with zero attached hydrogens (tertiary/aromatic N) is 1. The fraction of sp³-hybridized carbons (Fsp3) is 0.286. The number of aromatic nitrogens is 1. The summed E-state index contributed by atoms with van der Waals surface area (Å²) < 4.78 is 25.5. The van der Waals surface area contributed by atoms with E-state index >= 15 is 0 Å². The minimum Gasteiger partial charge on any atom is -0.453 e. The molecule has 0 aliphatic carbocycles. The summed E-state index contributed by atoms with van der Waals surface area (Å²) in [5.74, 6) is -0.505. The van der Waals surface area contributed by atoms with Crippen molar-refractivity contribution in [1.29, 1.82) is 0 Å². The van der Waals surface area contributed by atoms with E-state index in [1.807, 2.05) is 0 Å². The number of nitrogens with two attached hydrogens (primary N) is 1. The second-order valence-corrected chi connectivity index (χ2v) is 8.66. The Balaban J connectivity index is 1.64.